The highest BCUT2D eigenvalue weighted by Crippen LogP contribution is 2.18. The first-order chi connectivity index (χ1) is 8.44. The van der Waals surface area contributed by atoms with Crippen LogP contribution in [0.4, 0.5) is 8.78 Å². The second-order valence-electron chi connectivity index (χ2n) is 3.64. The molecule has 0 spiro atoms. The number of halogens is 2. The number of hydrogen-bond acceptors (Lipinski definition) is 3. The maximum atomic E-state index is 13.5. The molecule has 0 saturated carbocycles. The van der Waals surface area contributed by atoms with E-state index < -0.39 is 27.0 Å². The summed E-state index contributed by atoms with van der Waals surface area (Å²) in [5, 5.41) is -1.11. The van der Waals surface area contributed by atoms with E-state index in [1.54, 1.807) is 0 Å². The van der Waals surface area contributed by atoms with Crippen molar-refractivity contribution in [3.05, 3.63) is 47.5 Å². The van der Waals surface area contributed by atoms with E-state index in [1.165, 1.54) is 19.2 Å². The molecule has 0 saturated heterocycles. The standard InChI is InChI=1S/C11H10F2N2O2S/c1-14-18(16,17)11-5-4-10(15-11)8-6-7(12)2-3-9(8)13/h2-6,11,14H,1H3. The van der Waals surface area contributed by atoms with Crippen LogP contribution in [0, 0.1) is 11.6 Å². The molecule has 0 fully saturated rings. The molecule has 1 aliphatic rings. The third kappa shape index (κ3) is 2.32. The van der Waals surface area contributed by atoms with Gasteiger partial charge in [-0.2, -0.15) is 0 Å². The largest absolute Gasteiger partial charge is 0.259 e. The van der Waals surface area contributed by atoms with Crippen molar-refractivity contribution in [2.24, 2.45) is 4.99 Å². The lowest BCUT2D eigenvalue weighted by atomic mass is 10.1. The van der Waals surface area contributed by atoms with E-state index in [0.29, 0.717) is 0 Å². The minimum Gasteiger partial charge on any atom is -0.259 e. The predicted octanol–water partition coefficient (Wildman–Crippen LogP) is 1.20. The number of aliphatic imine (C=N–C) groups is 1. The van der Waals surface area contributed by atoms with Crippen LogP contribution in [0.25, 0.3) is 0 Å². The maximum Gasteiger partial charge on any atom is 0.238 e. The van der Waals surface area contributed by atoms with Gasteiger partial charge in [0.1, 0.15) is 11.6 Å². The van der Waals surface area contributed by atoms with Crippen molar-refractivity contribution in [2.75, 3.05) is 7.05 Å². The molecule has 0 aliphatic carbocycles. The smallest absolute Gasteiger partial charge is 0.238 e. The van der Waals surface area contributed by atoms with Crippen molar-refractivity contribution in [3.63, 3.8) is 0 Å². The summed E-state index contributed by atoms with van der Waals surface area (Å²) >= 11 is 0. The Morgan fingerprint density at radius 3 is 2.72 bits per heavy atom. The maximum absolute atomic E-state index is 13.5. The van der Waals surface area contributed by atoms with Crippen molar-refractivity contribution < 1.29 is 17.2 Å². The normalized spacial score (nSPS) is 19.1. The van der Waals surface area contributed by atoms with Crippen LogP contribution >= 0.6 is 0 Å². The number of hydrogen-bond donors (Lipinski definition) is 1. The van der Waals surface area contributed by atoms with Crippen LogP contribution in [0.5, 0.6) is 0 Å². The third-order valence-corrected chi connectivity index (χ3v) is 3.96. The molecule has 0 radical (unpaired) electrons. The fraction of sp³-hybridized carbons (Fsp3) is 0.182. The summed E-state index contributed by atoms with van der Waals surface area (Å²) in [5.41, 5.74) is 0.0517. The Balaban J connectivity index is 2.41. The molecule has 0 aromatic heterocycles. The van der Waals surface area contributed by atoms with Gasteiger partial charge in [-0.25, -0.2) is 21.9 Å². The first-order valence-corrected chi connectivity index (χ1v) is 6.62. The molecule has 2 rings (SSSR count). The Hall–Kier alpha value is -1.60. The fourth-order valence-corrected chi connectivity index (χ4v) is 2.32. The SMILES string of the molecule is CNS(=O)(=O)C1C=CC(c2cc(F)ccc2F)=N1. The van der Waals surface area contributed by atoms with Gasteiger partial charge in [-0.05, 0) is 37.4 Å². The van der Waals surface area contributed by atoms with Gasteiger partial charge in [-0.3, -0.25) is 4.99 Å². The molecule has 1 N–H and O–H groups in total. The zero-order valence-electron chi connectivity index (χ0n) is 9.39. The van der Waals surface area contributed by atoms with Crippen molar-refractivity contribution in [3.8, 4) is 0 Å². The van der Waals surface area contributed by atoms with Crippen molar-refractivity contribution in [1.29, 1.82) is 0 Å². The van der Waals surface area contributed by atoms with Gasteiger partial charge in [0.05, 0.1) is 5.71 Å². The van der Waals surface area contributed by atoms with Crippen LogP contribution in [0.3, 0.4) is 0 Å². The summed E-state index contributed by atoms with van der Waals surface area (Å²) in [6.07, 6.45) is 2.67. The zero-order valence-corrected chi connectivity index (χ0v) is 10.2. The molecule has 1 aromatic carbocycles. The van der Waals surface area contributed by atoms with Gasteiger partial charge in [0.2, 0.25) is 10.0 Å². The van der Waals surface area contributed by atoms with Crippen molar-refractivity contribution in [2.45, 2.75) is 5.37 Å². The molecule has 1 atom stereocenters. The van der Waals surface area contributed by atoms with E-state index in [1.807, 2.05) is 0 Å². The molecule has 0 bridgehead atoms. The highest BCUT2D eigenvalue weighted by atomic mass is 32.2. The molecule has 1 aromatic rings. The number of rotatable bonds is 3. The number of nitrogens with one attached hydrogen (secondary N) is 1. The summed E-state index contributed by atoms with van der Waals surface area (Å²) in [5.74, 6) is -1.26. The zero-order chi connectivity index (χ0) is 13.3. The number of sulfonamides is 1. The number of nitrogens with zero attached hydrogens (tertiary/aromatic N) is 1. The Morgan fingerprint density at radius 2 is 2.06 bits per heavy atom. The van der Waals surface area contributed by atoms with Gasteiger partial charge in [0, 0.05) is 5.56 Å². The molecule has 7 heteroatoms. The topological polar surface area (TPSA) is 58.5 Å². The van der Waals surface area contributed by atoms with Crippen LogP contribution < -0.4 is 4.72 Å². The second kappa shape index (κ2) is 4.58. The van der Waals surface area contributed by atoms with Crippen LogP contribution in [0.2, 0.25) is 0 Å². The molecule has 1 heterocycles. The summed E-state index contributed by atoms with van der Waals surface area (Å²) in [6.45, 7) is 0. The van der Waals surface area contributed by atoms with E-state index in [-0.39, 0.29) is 11.3 Å². The average Bonchev–Trinajstić information content (AvgIpc) is 2.82. The van der Waals surface area contributed by atoms with E-state index in [9.17, 15) is 17.2 Å². The highest BCUT2D eigenvalue weighted by molar-refractivity contribution is 7.90. The third-order valence-electron chi connectivity index (χ3n) is 2.49. The molecule has 4 nitrogen and oxygen atoms in total. The van der Waals surface area contributed by atoms with E-state index >= 15 is 0 Å². The second-order valence-corrected chi connectivity index (χ2v) is 5.62. The van der Waals surface area contributed by atoms with Crippen molar-refractivity contribution in [1.82, 2.24) is 4.72 Å². The Bertz CT molecular complexity index is 638. The first kappa shape index (κ1) is 12.8. The fourth-order valence-electron chi connectivity index (χ4n) is 1.54. The first-order valence-electron chi connectivity index (χ1n) is 5.08. The Kier molecular flexibility index (Phi) is 3.27. The highest BCUT2D eigenvalue weighted by Gasteiger charge is 2.25. The molecular weight excluding hydrogens is 262 g/mol. The average molecular weight is 272 g/mol. The van der Waals surface area contributed by atoms with Gasteiger partial charge >= 0.3 is 0 Å². The number of allylic oxidation sites excluding steroid dienone is 1. The van der Waals surface area contributed by atoms with Gasteiger partial charge in [0.25, 0.3) is 0 Å². The lowest BCUT2D eigenvalue weighted by molar-refractivity contribution is 0.582. The summed E-state index contributed by atoms with van der Waals surface area (Å²) in [6, 6.07) is 2.94. The lowest BCUT2D eigenvalue weighted by Gasteiger charge is -2.05. The summed E-state index contributed by atoms with van der Waals surface area (Å²) in [7, 11) is -2.34. The van der Waals surface area contributed by atoms with E-state index in [2.05, 4.69) is 9.71 Å². The Morgan fingerprint density at radius 1 is 1.33 bits per heavy atom. The summed E-state index contributed by atoms with van der Waals surface area (Å²) < 4.78 is 51.6. The quantitative estimate of drug-likeness (QED) is 0.898. The minimum atomic E-state index is -3.60. The van der Waals surface area contributed by atoms with Crippen molar-refractivity contribution >= 4 is 15.7 Å². The molecular formula is C11H10F2N2O2S. The molecule has 0 amide bonds. The van der Waals surface area contributed by atoms with Gasteiger partial charge in [0.15, 0.2) is 5.37 Å². The predicted molar refractivity (Wildman–Crippen MR) is 63.8 cm³/mol. The number of benzene rings is 1. The molecule has 1 unspecified atom stereocenters. The minimum absolute atomic E-state index is 0.0555. The monoisotopic (exact) mass is 272 g/mol. The molecule has 18 heavy (non-hydrogen) atoms. The van der Waals surface area contributed by atoms with E-state index in [0.717, 1.165) is 18.2 Å². The molecule has 96 valence electrons. The van der Waals surface area contributed by atoms with Gasteiger partial charge < -0.3 is 0 Å². The van der Waals surface area contributed by atoms with Crippen LogP contribution in [-0.2, 0) is 10.0 Å². The van der Waals surface area contributed by atoms with Crippen LogP contribution in [0.15, 0.2) is 35.3 Å². The van der Waals surface area contributed by atoms with E-state index in [4.69, 9.17) is 0 Å². The van der Waals surface area contributed by atoms with Gasteiger partial charge in [-0.15, -0.1) is 0 Å². The summed E-state index contributed by atoms with van der Waals surface area (Å²) in [4.78, 5) is 3.85. The van der Waals surface area contributed by atoms with Gasteiger partial charge in [-0.1, -0.05) is 0 Å². The Labute approximate surface area is 103 Å². The van der Waals surface area contributed by atoms with Crippen LogP contribution in [-0.4, -0.2) is 26.6 Å². The lowest BCUT2D eigenvalue weighted by Crippen LogP contribution is -2.28. The van der Waals surface area contributed by atoms with Crippen LogP contribution in [0.1, 0.15) is 5.56 Å². The molecule has 1 aliphatic heterocycles.